The number of carbonyl (C=O) groups is 1. The minimum atomic E-state index is -0.341. The van der Waals surface area contributed by atoms with E-state index in [0.717, 1.165) is 49.1 Å². The molecule has 0 radical (unpaired) electrons. The normalized spacial score (nSPS) is 23.2. The molecule has 1 N–H and O–H groups in total. The number of ether oxygens (including phenoxy) is 1. The number of anilines is 1. The Hall–Kier alpha value is -2.46. The lowest BCUT2D eigenvalue weighted by Gasteiger charge is -2.43. The number of likely N-dealkylation sites (tertiary alicyclic amines) is 1. The van der Waals surface area contributed by atoms with Gasteiger partial charge in [0.2, 0.25) is 0 Å². The van der Waals surface area contributed by atoms with Crippen LogP contribution in [0.5, 0.6) is 0 Å². The summed E-state index contributed by atoms with van der Waals surface area (Å²) in [4.78, 5) is 27.2. The molecule has 4 atom stereocenters. The van der Waals surface area contributed by atoms with Crippen LogP contribution in [0.4, 0.5) is 5.82 Å². The lowest BCUT2D eigenvalue weighted by molar-refractivity contribution is -0.151. The van der Waals surface area contributed by atoms with Crippen LogP contribution in [0.25, 0.3) is 11.2 Å². The van der Waals surface area contributed by atoms with Gasteiger partial charge in [-0.25, -0.2) is 14.6 Å². The number of nitrogens with zero attached hydrogens (tertiary/aromatic N) is 6. The third kappa shape index (κ3) is 5.09. The predicted octanol–water partition coefficient (Wildman–Crippen LogP) is 4.27. The second-order valence-corrected chi connectivity index (χ2v) is 11.0. The number of benzene rings is 1. The highest BCUT2D eigenvalue weighted by atomic mass is 35.5. The van der Waals surface area contributed by atoms with Gasteiger partial charge in [0.15, 0.2) is 5.65 Å². The molecule has 2 aliphatic heterocycles. The molecule has 0 spiro atoms. The quantitative estimate of drug-likeness (QED) is 0.428. The van der Waals surface area contributed by atoms with Gasteiger partial charge in [-0.2, -0.15) is 5.10 Å². The van der Waals surface area contributed by atoms with E-state index in [9.17, 15) is 9.90 Å². The Bertz CT molecular complexity index is 1320. The molecule has 2 aromatic heterocycles. The molecule has 4 heterocycles. The molecule has 0 saturated carbocycles. The lowest BCUT2D eigenvalue weighted by Crippen LogP contribution is -2.56. The molecule has 1 aromatic carbocycles. The summed E-state index contributed by atoms with van der Waals surface area (Å²) >= 11 is 12.6. The second-order valence-electron chi connectivity index (χ2n) is 10.1. The van der Waals surface area contributed by atoms with Crippen LogP contribution < -0.4 is 4.90 Å². The summed E-state index contributed by atoms with van der Waals surface area (Å²) in [6.07, 6.45) is 4.51. The molecule has 4 unspecified atom stereocenters. The van der Waals surface area contributed by atoms with Crippen LogP contribution in [0.2, 0.25) is 10.0 Å². The largest absolute Gasteiger partial charge is 0.466 e. The zero-order chi connectivity index (χ0) is 27.0. The first kappa shape index (κ1) is 27.1. The van der Waals surface area contributed by atoms with E-state index < -0.39 is 0 Å². The van der Waals surface area contributed by atoms with Crippen LogP contribution in [-0.2, 0) is 9.53 Å². The van der Waals surface area contributed by atoms with Crippen molar-refractivity contribution in [1.29, 1.82) is 0 Å². The van der Waals surface area contributed by atoms with Gasteiger partial charge in [0, 0.05) is 35.2 Å². The van der Waals surface area contributed by atoms with Crippen LogP contribution in [0.15, 0.2) is 24.4 Å². The van der Waals surface area contributed by atoms with Crippen LogP contribution in [0.3, 0.4) is 0 Å². The summed E-state index contributed by atoms with van der Waals surface area (Å²) < 4.78 is 7.34. The van der Waals surface area contributed by atoms with Crippen molar-refractivity contribution in [3.05, 3.63) is 45.7 Å². The van der Waals surface area contributed by atoms with Gasteiger partial charge in [-0.1, -0.05) is 29.3 Å². The van der Waals surface area contributed by atoms with Crippen molar-refractivity contribution in [2.75, 3.05) is 37.7 Å². The molecule has 2 aliphatic rings. The van der Waals surface area contributed by atoms with E-state index in [1.54, 1.807) is 12.3 Å². The fraction of sp³-hybridized carbons (Fsp3) is 0.556. The number of hydrogen-bond donors (Lipinski definition) is 1. The summed E-state index contributed by atoms with van der Waals surface area (Å²) in [7, 11) is 0. The first-order valence-electron chi connectivity index (χ1n) is 13.3. The van der Waals surface area contributed by atoms with E-state index >= 15 is 0 Å². The summed E-state index contributed by atoms with van der Waals surface area (Å²) in [6.45, 7) is 8.30. The number of rotatable bonds is 7. The summed E-state index contributed by atoms with van der Waals surface area (Å²) in [5, 5.41) is 15.8. The molecular formula is C27H34Cl2N6O3. The minimum absolute atomic E-state index is 0.0291. The Morgan fingerprint density at radius 2 is 2.08 bits per heavy atom. The molecule has 0 amide bonds. The lowest BCUT2D eigenvalue weighted by atomic mass is 9.90. The van der Waals surface area contributed by atoms with Crippen LogP contribution in [0, 0.1) is 12.8 Å². The van der Waals surface area contributed by atoms with E-state index in [0.29, 0.717) is 34.7 Å². The Morgan fingerprint density at radius 3 is 2.82 bits per heavy atom. The molecule has 9 nitrogen and oxygen atoms in total. The number of halogens is 2. The third-order valence-electron chi connectivity index (χ3n) is 7.89. The number of aliphatic hydroxyl groups excluding tert-OH is 1. The number of esters is 1. The van der Waals surface area contributed by atoms with E-state index in [1.165, 1.54) is 0 Å². The number of aryl methyl sites for hydroxylation is 1. The van der Waals surface area contributed by atoms with E-state index in [1.807, 2.05) is 37.6 Å². The Kier molecular flexibility index (Phi) is 8.09. The van der Waals surface area contributed by atoms with Crippen molar-refractivity contribution < 1.29 is 14.6 Å². The summed E-state index contributed by atoms with van der Waals surface area (Å²) in [5.74, 6) is 0.152. The molecule has 5 rings (SSSR count). The predicted molar refractivity (Wildman–Crippen MR) is 148 cm³/mol. The van der Waals surface area contributed by atoms with E-state index in [-0.39, 0.29) is 36.6 Å². The minimum Gasteiger partial charge on any atom is -0.466 e. The van der Waals surface area contributed by atoms with Crippen molar-refractivity contribution >= 4 is 46.2 Å². The maximum atomic E-state index is 13.1. The maximum absolute atomic E-state index is 13.1. The Morgan fingerprint density at radius 1 is 1.26 bits per heavy atom. The summed E-state index contributed by atoms with van der Waals surface area (Å²) in [6, 6.07) is 5.38. The first-order valence-corrected chi connectivity index (χ1v) is 14.0. The third-order valence-corrected chi connectivity index (χ3v) is 8.45. The number of aliphatic hydroxyl groups is 1. The van der Waals surface area contributed by atoms with Crippen LogP contribution >= 0.6 is 23.2 Å². The fourth-order valence-corrected chi connectivity index (χ4v) is 6.52. The molecule has 204 valence electrons. The number of carbonyl (C=O) groups excluding carboxylic acids is 1. The Balaban J connectivity index is 1.46. The van der Waals surface area contributed by atoms with Crippen molar-refractivity contribution in [3.63, 3.8) is 0 Å². The van der Waals surface area contributed by atoms with Gasteiger partial charge in [-0.05, 0) is 64.3 Å². The molecule has 38 heavy (non-hydrogen) atoms. The van der Waals surface area contributed by atoms with Crippen LogP contribution in [-0.4, -0.2) is 80.7 Å². The van der Waals surface area contributed by atoms with Gasteiger partial charge in [0.25, 0.3) is 0 Å². The van der Waals surface area contributed by atoms with Crippen molar-refractivity contribution in [1.82, 2.24) is 24.6 Å². The van der Waals surface area contributed by atoms with Crippen LogP contribution in [0.1, 0.15) is 50.4 Å². The smallest absolute Gasteiger partial charge is 0.312 e. The van der Waals surface area contributed by atoms with Gasteiger partial charge in [-0.3, -0.25) is 9.69 Å². The van der Waals surface area contributed by atoms with Gasteiger partial charge in [0.05, 0.1) is 37.1 Å². The molecule has 11 heteroatoms. The molecule has 0 bridgehead atoms. The maximum Gasteiger partial charge on any atom is 0.312 e. The average molecular weight is 562 g/mol. The van der Waals surface area contributed by atoms with E-state index in [4.69, 9.17) is 43.0 Å². The average Bonchev–Trinajstić information content (AvgIpc) is 3.52. The highest BCUT2D eigenvalue weighted by Crippen LogP contribution is 2.34. The number of hydrogen-bond acceptors (Lipinski definition) is 8. The fourth-order valence-electron chi connectivity index (χ4n) is 5.95. The SMILES string of the molecule is CCOC(=O)C1CN(c2cnc3c(C)nn(C(C)c4ccc(Cl)cc4Cl)c3n2)CCC1N1CCCC1CO. The number of fused-ring (bicyclic) bond motifs is 1. The highest BCUT2D eigenvalue weighted by Gasteiger charge is 2.42. The highest BCUT2D eigenvalue weighted by molar-refractivity contribution is 6.35. The molecule has 3 aromatic rings. The van der Waals surface area contributed by atoms with Gasteiger partial charge < -0.3 is 14.7 Å². The van der Waals surface area contributed by atoms with Crippen molar-refractivity contribution in [2.24, 2.45) is 5.92 Å². The molecular weight excluding hydrogens is 527 g/mol. The Labute approximate surface area is 232 Å². The van der Waals surface area contributed by atoms with Gasteiger partial charge in [-0.15, -0.1) is 0 Å². The van der Waals surface area contributed by atoms with Crippen molar-refractivity contribution in [2.45, 2.75) is 58.2 Å². The van der Waals surface area contributed by atoms with Gasteiger partial charge in [0.1, 0.15) is 11.3 Å². The van der Waals surface area contributed by atoms with E-state index in [2.05, 4.69) is 9.80 Å². The number of aromatic nitrogens is 4. The topological polar surface area (TPSA) is 96.6 Å². The second kappa shape index (κ2) is 11.3. The molecule has 0 aliphatic carbocycles. The monoisotopic (exact) mass is 560 g/mol. The molecule has 2 fully saturated rings. The zero-order valence-electron chi connectivity index (χ0n) is 22.0. The van der Waals surface area contributed by atoms with Crippen molar-refractivity contribution in [3.8, 4) is 0 Å². The van der Waals surface area contributed by atoms with Gasteiger partial charge >= 0.3 is 5.97 Å². The first-order chi connectivity index (χ1) is 18.3. The number of piperidine rings is 1. The summed E-state index contributed by atoms with van der Waals surface area (Å²) in [5.41, 5.74) is 3.06. The molecule has 2 saturated heterocycles. The standard InChI is InChI=1S/C27H34Cl2N6O3/c1-4-38-27(37)21-14-33(11-9-23(21)34-10-5-6-19(34)15-36)24-13-30-25-16(2)32-35(26(25)31-24)17(3)20-8-7-18(28)12-22(20)29/h7-8,12-13,17,19,21,23,36H,4-6,9-11,14-15H2,1-3H3. The zero-order valence-corrected chi connectivity index (χ0v) is 23.5.